The van der Waals surface area contributed by atoms with Crippen molar-refractivity contribution in [2.24, 2.45) is 23.7 Å². The van der Waals surface area contributed by atoms with Gasteiger partial charge in [0.25, 0.3) is 23.6 Å². The Balaban J connectivity index is 0.000000151. The SMILES string of the molecule is O=C(CCCN1C(=O)C2C3C=CC(O3)C2C1=O)ON1C(=O)CCC1=O.O=C(O)CCCN1C(=O)C2C3C=CC(O3)C2C1=O.O=C(O)CCCN1C(=O)C=CC1=O. The van der Waals surface area contributed by atoms with E-state index in [1.54, 1.807) is 0 Å². The number of ether oxygens (including phenoxy) is 2. The van der Waals surface area contributed by atoms with Crippen molar-refractivity contribution < 1.29 is 77.3 Å². The van der Waals surface area contributed by atoms with E-state index in [0.29, 0.717) is 17.9 Å². The van der Waals surface area contributed by atoms with Gasteiger partial charge in [-0.1, -0.05) is 24.3 Å². The molecule has 20 nitrogen and oxygen atoms in total. The number of carboxylic acid groups (broad SMARTS) is 2. The number of rotatable bonds is 13. The summed E-state index contributed by atoms with van der Waals surface area (Å²) in [5.74, 6) is -7.09. The second-order valence-electron chi connectivity index (χ2n) is 14.0. The summed E-state index contributed by atoms with van der Waals surface area (Å²) in [6, 6.07) is 0. The molecule has 0 aromatic rings. The molecule has 0 radical (unpaired) electrons. The van der Waals surface area contributed by atoms with Gasteiger partial charge in [0.1, 0.15) is 0 Å². The normalized spacial score (nSPS) is 30.1. The average Bonchev–Trinajstić information content (AvgIpc) is 4.05. The summed E-state index contributed by atoms with van der Waals surface area (Å²) in [6.07, 6.45) is 9.11. The molecular weight excluding hydrogens is 744 g/mol. The quantitative estimate of drug-likeness (QED) is 0.165. The molecule has 5 saturated heterocycles. The van der Waals surface area contributed by atoms with Gasteiger partial charge in [0, 0.05) is 63.9 Å². The third-order valence-corrected chi connectivity index (χ3v) is 10.4. The highest BCUT2D eigenvalue weighted by molar-refractivity contribution is 6.13. The molecule has 0 saturated carbocycles. The van der Waals surface area contributed by atoms with Crippen molar-refractivity contribution in [3.05, 3.63) is 36.5 Å². The number of carbonyl (C=O) groups is 11. The van der Waals surface area contributed by atoms with E-state index in [2.05, 4.69) is 0 Å². The molecule has 0 aliphatic carbocycles. The third-order valence-electron chi connectivity index (χ3n) is 10.4. The van der Waals surface area contributed by atoms with Gasteiger partial charge in [-0.15, -0.1) is 5.06 Å². The van der Waals surface area contributed by atoms with E-state index in [-0.39, 0.29) is 118 Å². The third kappa shape index (κ3) is 7.92. The Kier molecular flexibility index (Phi) is 11.7. The van der Waals surface area contributed by atoms with Crippen LogP contribution >= 0.6 is 0 Å². The van der Waals surface area contributed by atoms with Crippen LogP contribution in [0.1, 0.15) is 51.4 Å². The Morgan fingerprint density at radius 1 is 0.554 bits per heavy atom. The fraction of sp³-hybridized carbons (Fsp3) is 0.528. The summed E-state index contributed by atoms with van der Waals surface area (Å²) in [5, 5.41) is 17.4. The molecule has 56 heavy (non-hydrogen) atoms. The molecule has 8 rings (SSSR count). The van der Waals surface area contributed by atoms with Gasteiger partial charge in [0.05, 0.1) is 48.1 Å². The molecule has 20 heteroatoms. The number of fused-ring (bicyclic) bond motifs is 10. The van der Waals surface area contributed by atoms with Crippen LogP contribution in [0.4, 0.5) is 0 Å². The number of hydroxylamine groups is 2. The number of carbonyl (C=O) groups excluding carboxylic acids is 9. The van der Waals surface area contributed by atoms with Gasteiger partial charge >= 0.3 is 17.9 Å². The Hall–Kier alpha value is -5.89. The van der Waals surface area contributed by atoms with E-state index in [1.165, 1.54) is 22.0 Å². The van der Waals surface area contributed by atoms with Crippen molar-refractivity contribution >= 4 is 65.2 Å². The zero-order valence-corrected chi connectivity index (χ0v) is 29.8. The van der Waals surface area contributed by atoms with Crippen LogP contribution in [0, 0.1) is 23.7 Å². The molecule has 8 atom stereocenters. The first kappa shape index (κ1) is 39.8. The van der Waals surface area contributed by atoms with Crippen LogP contribution < -0.4 is 0 Å². The van der Waals surface area contributed by atoms with Gasteiger partial charge in [-0.3, -0.25) is 62.6 Å². The number of carboxylic acids is 2. The van der Waals surface area contributed by atoms with Crippen LogP contribution in [-0.4, -0.2) is 139 Å². The lowest BCUT2D eigenvalue weighted by molar-refractivity contribution is -0.197. The molecule has 0 aromatic heterocycles. The summed E-state index contributed by atoms with van der Waals surface area (Å²) >= 11 is 0. The molecule has 5 fully saturated rings. The van der Waals surface area contributed by atoms with E-state index < -0.39 is 53.4 Å². The maximum absolute atomic E-state index is 12.4. The highest BCUT2D eigenvalue weighted by atomic mass is 16.7. The Labute approximate surface area is 317 Å². The number of hydrogen-bond acceptors (Lipinski definition) is 14. The fourth-order valence-corrected chi connectivity index (χ4v) is 7.79. The molecule has 8 aliphatic rings. The maximum Gasteiger partial charge on any atom is 0.333 e. The number of amides is 8. The van der Waals surface area contributed by atoms with Crippen LogP contribution in [0.15, 0.2) is 36.5 Å². The minimum Gasteiger partial charge on any atom is -0.481 e. The van der Waals surface area contributed by atoms with Gasteiger partial charge in [-0.2, -0.15) is 0 Å². The molecule has 8 aliphatic heterocycles. The van der Waals surface area contributed by atoms with Crippen molar-refractivity contribution in [1.82, 2.24) is 19.8 Å². The first-order valence-electron chi connectivity index (χ1n) is 18.1. The van der Waals surface area contributed by atoms with Crippen LogP contribution in [0.25, 0.3) is 0 Å². The fourth-order valence-electron chi connectivity index (χ4n) is 7.79. The van der Waals surface area contributed by atoms with E-state index in [4.69, 9.17) is 24.5 Å². The van der Waals surface area contributed by atoms with Crippen LogP contribution in [0.2, 0.25) is 0 Å². The minimum atomic E-state index is -0.924. The molecule has 2 N–H and O–H groups in total. The molecule has 0 aromatic carbocycles. The van der Waals surface area contributed by atoms with Crippen LogP contribution in [0.3, 0.4) is 0 Å². The number of imide groups is 4. The highest BCUT2D eigenvalue weighted by Crippen LogP contribution is 2.46. The van der Waals surface area contributed by atoms with E-state index in [0.717, 1.165) is 4.90 Å². The van der Waals surface area contributed by atoms with Gasteiger partial charge in [0.15, 0.2) is 0 Å². The van der Waals surface area contributed by atoms with Gasteiger partial charge < -0.3 is 24.5 Å². The van der Waals surface area contributed by atoms with Crippen molar-refractivity contribution in [2.45, 2.75) is 75.8 Å². The molecule has 4 bridgehead atoms. The predicted octanol–water partition coefficient (Wildman–Crippen LogP) is -1.12. The van der Waals surface area contributed by atoms with Gasteiger partial charge in [0.2, 0.25) is 23.6 Å². The molecule has 8 heterocycles. The Morgan fingerprint density at radius 2 is 0.893 bits per heavy atom. The summed E-state index contributed by atoms with van der Waals surface area (Å²) in [4.78, 5) is 134. The van der Waals surface area contributed by atoms with Gasteiger partial charge in [-0.05, 0) is 19.3 Å². The highest BCUT2D eigenvalue weighted by Gasteiger charge is 2.61. The van der Waals surface area contributed by atoms with Crippen LogP contribution in [0.5, 0.6) is 0 Å². The first-order chi connectivity index (χ1) is 26.7. The topological polar surface area (TPSA) is 269 Å². The smallest absolute Gasteiger partial charge is 0.333 e. The molecular formula is C36H38N4O16. The summed E-state index contributed by atoms with van der Waals surface area (Å²) in [6.45, 7) is 0.467. The summed E-state index contributed by atoms with van der Waals surface area (Å²) in [7, 11) is 0. The number of hydrogen-bond donors (Lipinski definition) is 2. The lowest BCUT2D eigenvalue weighted by atomic mass is 9.85. The predicted molar refractivity (Wildman–Crippen MR) is 179 cm³/mol. The molecule has 8 amide bonds. The largest absolute Gasteiger partial charge is 0.481 e. The van der Waals surface area contributed by atoms with Crippen molar-refractivity contribution in [2.75, 3.05) is 19.6 Å². The standard InChI is InChI=1S/C16H16N2O7.C12H13NO5.C8H9NO4/c19-10-5-6-11(20)18(10)25-12(21)2-1-7-17-15(22)13-8-3-4-9(24-8)14(13)16(17)23;14-8(15)2-1-5-13-11(16)9-6-3-4-7(18-6)10(9)12(13)17;10-6-3-4-7(11)9(6)5-1-2-8(12)13/h3-4,8-9,13-14H,1-2,5-7H2;3-4,6-7,9-10H,1-2,5H2,(H,14,15);3-4H,1-2,5H2,(H,12,13). The molecule has 0 spiro atoms. The summed E-state index contributed by atoms with van der Waals surface area (Å²) < 4.78 is 11.0. The number of aliphatic carboxylic acids is 2. The maximum atomic E-state index is 12.4. The lowest BCUT2D eigenvalue weighted by Crippen LogP contribution is -2.36. The Bertz CT molecular complexity index is 1760. The van der Waals surface area contributed by atoms with Gasteiger partial charge in [-0.25, -0.2) is 4.79 Å². The second-order valence-corrected chi connectivity index (χ2v) is 14.0. The molecule has 298 valence electrons. The zero-order chi connectivity index (χ0) is 40.4. The summed E-state index contributed by atoms with van der Waals surface area (Å²) in [5.41, 5.74) is 0. The van der Waals surface area contributed by atoms with E-state index in [9.17, 15) is 52.7 Å². The average molecular weight is 783 g/mol. The second kappa shape index (κ2) is 16.5. The van der Waals surface area contributed by atoms with Crippen molar-refractivity contribution in [3.63, 3.8) is 0 Å². The van der Waals surface area contributed by atoms with E-state index >= 15 is 0 Å². The Morgan fingerprint density at radius 3 is 1.25 bits per heavy atom. The number of likely N-dealkylation sites (tertiary alicyclic amines) is 2. The molecule has 8 unspecified atom stereocenters. The minimum absolute atomic E-state index is 0.0307. The van der Waals surface area contributed by atoms with Crippen molar-refractivity contribution in [1.29, 1.82) is 0 Å². The van der Waals surface area contributed by atoms with Crippen molar-refractivity contribution in [3.8, 4) is 0 Å². The lowest BCUT2D eigenvalue weighted by Gasteiger charge is -2.17. The first-order valence-corrected chi connectivity index (χ1v) is 18.1. The monoisotopic (exact) mass is 782 g/mol. The zero-order valence-electron chi connectivity index (χ0n) is 29.8. The number of nitrogens with zero attached hydrogens (tertiary/aromatic N) is 4. The van der Waals surface area contributed by atoms with E-state index in [1.807, 2.05) is 24.3 Å². The van der Waals surface area contributed by atoms with Crippen LogP contribution in [-0.2, 0) is 67.1 Å².